The van der Waals surface area contributed by atoms with Crippen LogP contribution in [0.15, 0.2) is 6.20 Å². The summed E-state index contributed by atoms with van der Waals surface area (Å²) in [6, 6.07) is 0. The van der Waals surface area contributed by atoms with E-state index in [1.165, 1.54) is 18.6 Å². The minimum atomic E-state index is 0.300. The van der Waals surface area contributed by atoms with E-state index in [2.05, 4.69) is 27.5 Å². The highest BCUT2D eigenvalue weighted by Crippen LogP contribution is 2.37. The molecule has 0 bridgehead atoms. The lowest BCUT2D eigenvalue weighted by Gasteiger charge is -2.23. The Kier molecular flexibility index (Phi) is 3.99. The van der Waals surface area contributed by atoms with Crippen molar-refractivity contribution >= 4 is 35.1 Å². The van der Waals surface area contributed by atoms with Gasteiger partial charge in [0.25, 0.3) is 0 Å². The number of anilines is 2. The van der Waals surface area contributed by atoms with Gasteiger partial charge in [0.15, 0.2) is 5.82 Å². The van der Waals surface area contributed by atoms with Crippen LogP contribution in [0.5, 0.6) is 0 Å². The van der Waals surface area contributed by atoms with Crippen molar-refractivity contribution in [2.45, 2.75) is 24.5 Å². The molecule has 6 heteroatoms. The Balaban J connectivity index is 2.02. The largest absolute Gasteiger partial charge is 0.367 e. The van der Waals surface area contributed by atoms with E-state index >= 15 is 0 Å². The molecule has 0 aromatic carbocycles. The third-order valence-corrected chi connectivity index (χ3v) is 4.71. The summed E-state index contributed by atoms with van der Waals surface area (Å²) >= 11 is 8.08. The van der Waals surface area contributed by atoms with E-state index in [0.717, 1.165) is 6.54 Å². The number of nitrogens with one attached hydrogen (secondary N) is 2. The summed E-state index contributed by atoms with van der Waals surface area (Å²) in [4.78, 5) is 8.36. The Hall–Kier alpha value is -0.680. The molecule has 0 saturated carbocycles. The van der Waals surface area contributed by atoms with Crippen molar-refractivity contribution in [2.75, 3.05) is 30.0 Å². The first-order chi connectivity index (χ1) is 8.13. The number of thioether (sulfide) groups is 1. The van der Waals surface area contributed by atoms with Gasteiger partial charge in [-0.1, -0.05) is 11.6 Å². The summed E-state index contributed by atoms with van der Waals surface area (Å²) in [5.41, 5.74) is 0. The highest BCUT2D eigenvalue weighted by atomic mass is 35.5. The van der Waals surface area contributed by atoms with Crippen LogP contribution >= 0.6 is 23.4 Å². The highest BCUT2D eigenvalue weighted by Gasteiger charge is 2.29. The van der Waals surface area contributed by atoms with Crippen LogP contribution in [-0.2, 0) is 0 Å². The average Bonchev–Trinajstić information content (AvgIpc) is 2.76. The van der Waals surface area contributed by atoms with E-state index < -0.39 is 0 Å². The molecule has 17 heavy (non-hydrogen) atoms. The second-order valence-electron chi connectivity index (χ2n) is 4.40. The van der Waals surface area contributed by atoms with Crippen LogP contribution < -0.4 is 10.6 Å². The fraction of sp³-hybridized carbons (Fsp3) is 0.636. The van der Waals surface area contributed by atoms with Gasteiger partial charge in [-0.2, -0.15) is 16.7 Å². The number of nitrogens with zero attached hydrogens (tertiary/aromatic N) is 2. The zero-order valence-corrected chi connectivity index (χ0v) is 11.7. The molecule has 94 valence electrons. The third kappa shape index (κ3) is 3.16. The second kappa shape index (κ2) is 5.31. The molecule has 1 fully saturated rings. The van der Waals surface area contributed by atoms with Crippen LogP contribution in [0.3, 0.4) is 0 Å². The fourth-order valence-electron chi connectivity index (χ4n) is 1.86. The molecule has 0 amide bonds. The van der Waals surface area contributed by atoms with Gasteiger partial charge in [-0.3, -0.25) is 0 Å². The van der Waals surface area contributed by atoms with Gasteiger partial charge in [0.1, 0.15) is 5.02 Å². The highest BCUT2D eigenvalue weighted by molar-refractivity contribution is 8.00. The first kappa shape index (κ1) is 12.8. The zero-order valence-electron chi connectivity index (χ0n) is 10.1. The fourth-order valence-corrected chi connectivity index (χ4v) is 3.26. The molecular formula is C11H17ClN4S. The normalized spacial score (nSPS) is 23.7. The quantitative estimate of drug-likeness (QED) is 0.883. The second-order valence-corrected chi connectivity index (χ2v) is 6.49. The maximum atomic E-state index is 6.06. The molecule has 0 radical (unpaired) electrons. The summed E-state index contributed by atoms with van der Waals surface area (Å²) in [7, 11) is 1.79. The van der Waals surface area contributed by atoms with Crippen molar-refractivity contribution in [1.82, 2.24) is 9.97 Å². The first-order valence-electron chi connectivity index (χ1n) is 5.71. The van der Waals surface area contributed by atoms with Crippen molar-refractivity contribution in [3.63, 3.8) is 0 Å². The standard InChI is InChI=1S/C11H17ClN4S/c1-11(4-3-5-17-11)7-15-9-8(12)6-14-10(13-2)16-9/h6H,3-5,7H2,1-2H3,(H2,13,14,15,16). The predicted molar refractivity (Wildman–Crippen MR) is 75.2 cm³/mol. The van der Waals surface area contributed by atoms with E-state index in [1.807, 2.05) is 11.8 Å². The Morgan fingerprint density at radius 1 is 1.59 bits per heavy atom. The van der Waals surface area contributed by atoms with Crippen LogP contribution in [0, 0.1) is 0 Å². The molecule has 1 unspecified atom stereocenters. The topological polar surface area (TPSA) is 49.8 Å². The summed E-state index contributed by atoms with van der Waals surface area (Å²) in [5.74, 6) is 2.54. The SMILES string of the molecule is CNc1ncc(Cl)c(NCC2(C)CCCS2)n1. The Morgan fingerprint density at radius 3 is 3.06 bits per heavy atom. The monoisotopic (exact) mass is 272 g/mol. The molecule has 2 N–H and O–H groups in total. The lowest BCUT2D eigenvalue weighted by atomic mass is 10.1. The molecule has 1 aliphatic rings. The van der Waals surface area contributed by atoms with E-state index in [0.29, 0.717) is 21.5 Å². The molecule has 1 atom stereocenters. The van der Waals surface area contributed by atoms with Crippen LogP contribution in [-0.4, -0.2) is 34.1 Å². The molecule has 0 aliphatic carbocycles. The number of hydrogen-bond acceptors (Lipinski definition) is 5. The molecule has 1 aliphatic heterocycles. The van der Waals surface area contributed by atoms with Gasteiger partial charge in [-0.25, -0.2) is 4.98 Å². The molecule has 1 aromatic heterocycles. The van der Waals surface area contributed by atoms with Gasteiger partial charge < -0.3 is 10.6 Å². The minimum absolute atomic E-state index is 0.300. The molecule has 0 spiro atoms. The molecule has 2 heterocycles. The minimum Gasteiger partial charge on any atom is -0.367 e. The predicted octanol–water partition coefficient (Wildman–Crippen LogP) is 2.87. The smallest absolute Gasteiger partial charge is 0.224 e. The Bertz CT molecular complexity index is 393. The molecule has 1 saturated heterocycles. The Morgan fingerprint density at radius 2 is 2.41 bits per heavy atom. The maximum Gasteiger partial charge on any atom is 0.224 e. The van der Waals surface area contributed by atoms with Crippen LogP contribution in [0.4, 0.5) is 11.8 Å². The van der Waals surface area contributed by atoms with Gasteiger partial charge in [-0.05, 0) is 25.5 Å². The molecule has 4 nitrogen and oxygen atoms in total. The van der Waals surface area contributed by atoms with E-state index in [-0.39, 0.29) is 0 Å². The molecular weight excluding hydrogens is 256 g/mol. The van der Waals surface area contributed by atoms with Crippen molar-refractivity contribution in [3.8, 4) is 0 Å². The summed E-state index contributed by atoms with van der Waals surface area (Å²) in [6.07, 6.45) is 4.15. The average molecular weight is 273 g/mol. The van der Waals surface area contributed by atoms with Gasteiger partial charge >= 0.3 is 0 Å². The molecule has 1 aromatic rings. The van der Waals surface area contributed by atoms with Gasteiger partial charge in [0.2, 0.25) is 5.95 Å². The summed E-state index contributed by atoms with van der Waals surface area (Å²) in [6.45, 7) is 3.17. The first-order valence-corrected chi connectivity index (χ1v) is 7.07. The summed E-state index contributed by atoms with van der Waals surface area (Å²) in [5, 5.41) is 6.80. The number of rotatable bonds is 4. The Labute approximate surface area is 111 Å². The van der Waals surface area contributed by atoms with Crippen molar-refractivity contribution in [3.05, 3.63) is 11.2 Å². The third-order valence-electron chi connectivity index (χ3n) is 2.90. The number of aromatic nitrogens is 2. The van der Waals surface area contributed by atoms with E-state index in [4.69, 9.17) is 11.6 Å². The van der Waals surface area contributed by atoms with Crippen LogP contribution in [0.2, 0.25) is 5.02 Å². The molecule has 2 rings (SSSR count). The number of hydrogen-bond donors (Lipinski definition) is 2. The van der Waals surface area contributed by atoms with Crippen LogP contribution in [0.1, 0.15) is 19.8 Å². The van der Waals surface area contributed by atoms with E-state index in [1.54, 1.807) is 13.2 Å². The van der Waals surface area contributed by atoms with Crippen molar-refractivity contribution in [2.24, 2.45) is 0 Å². The van der Waals surface area contributed by atoms with Crippen molar-refractivity contribution in [1.29, 1.82) is 0 Å². The van der Waals surface area contributed by atoms with Gasteiger partial charge in [0.05, 0.1) is 6.20 Å². The maximum absolute atomic E-state index is 6.06. The van der Waals surface area contributed by atoms with Gasteiger partial charge in [-0.15, -0.1) is 0 Å². The van der Waals surface area contributed by atoms with Gasteiger partial charge in [0, 0.05) is 18.3 Å². The zero-order chi connectivity index (χ0) is 12.3. The summed E-state index contributed by atoms with van der Waals surface area (Å²) < 4.78 is 0.300. The lowest BCUT2D eigenvalue weighted by Crippen LogP contribution is -2.27. The lowest BCUT2D eigenvalue weighted by molar-refractivity contribution is 0.633. The van der Waals surface area contributed by atoms with Crippen LogP contribution in [0.25, 0.3) is 0 Å². The number of halogens is 1. The van der Waals surface area contributed by atoms with Crippen molar-refractivity contribution < 1.29 is 0 Å². The van der Waals surface area contributed by atoms with E-state index in [9.17, 15) is 0 Å².